The molecule has 1 aromatic heterocycles. The molecule has 8 heteroatoms. The Labute approximate surface area is 180 Å². The molecule has 2 aromatic rings. The first-order valence-corrected chi connectivity index (χ1v) is 10.4. The van der Waals surface area contributed by atoms with Gasteiger partial charge in [-0.25, -0.2) is 4.98 Å². The molecule has 4 rings (SSSR count). The van der Waals surface area contributed by atoms with Gasteiger partial charge in [0.25, 0.3) is 0 Å². The number of hydrogen-bond acceptors (Lipinski definition) is 7. The molecule has 2 aliphatic rings. The van der Waals surface area contributed by atoms with Crippen molar-refractivity contribution < 1.29 is 14.3 Å². The summed E-state index contributed by atoms with van der Waals surface area (Å²) in [6.07, 6.45) is 1.22. The van der Waals surface area contributed by atoms with Crippen LogP contribution in [0.2, 0.25) is 0 Å². The van der Waals surface area contributed by atoms with Crippen molar-refractivity contribution in [2.45, 2.75) is 39.5 Å². The lowest BCUT2D eigenvalue weighted by Gasteiger charge is -2.39. The summed E-state index contributed by atoms with van der Waals surface area (Å²) in [5, 5.41) is 3.35. The first-order valence-electron chi connectivity index (χ1n) is 9.97. The highest BCUT2D eigenvalue weighted by molar-refractivity contribution is 7.71. The number of hydrogen-bond donors (Lipinski definition) is 3. The van der Waals surface area contributed by atoms with Gasteiger partial charge in [-0.1, -0.05) is 19.9 Å². The highest BCUT2D eigenvalue weighted by Gasteiger charge is 2.42. The zero-order valence-electron chi connectivity index (χ0n) is 17.6. The van der Waals surface area contributed by atoms with Crippen LogP contribution in [0, 0.1) is 10.2 Å². The van der Waals surface area contributed by atoms with E-state index in [2.05, 4.69) is 29.1 Å². The number of Topliss-reactive ketones (excluding diaryl/α,β-unsaturated/α-hetero) is 1. The number of carbonyl (C=O) groups excluding carboxylic acids is 1. The summed E-state index contributed by atoms with van der Waals surface area (Å²) in [5.74, 6) is 2.00. The number of methoxy groups -OCH3 is 1. The van der Waals surface area contributed by atoms with Gasteiger partial charge in [-0.3, -0.25) is 4.79 Å². The van der Waals surface area contributed by atoms with E-state index >= 15 is 0 Å². The minimum Gasteiger partial charge on any atom is -0.493 e. The number of benzene rings is 1. The first kappa shape index (κ1) is 20.4. The number of anilines is 2. The van der Waals surface area contributed by atoms with Crippen LogP contribution in [0.25, 0.3) is 0 Å². The van der Waals surface area contributed by atoms with E-state index in [9.17, 15) is 4.79 Å². The number of fused-ring (bicyclic) bond motifs is 1. The fourth-order valence-electron chi connectivity index (χ4n) is 4.43. The molecule has 0 saturated carbocycles. The molecule has 30 heavy (non-hydrogen) atoms. The third kappa shape index (κ3) is 3.45. The number of H-pyrrole nitrogens is 1. The number of rotatable bonds is 4. The van der Waals surface area contributed by atoms with Crippen LogP contribution >= 0.6 is 12.2 Å². The lowest BCUT2D eigenvalue weighted by molar-refractivity contribution is -0.118. The van der Waals surface area contributed by atoms with Crippen molar-refractivity contribution in [2.24, 2.45) is 5.41 Å². The lowest BCUT2D eigenvalue weighted by atomic mass is 9.69. The molecule has 0 bridgehead atoms. The van der Waals surface area contributed by atoms with Crippen molar-refractivity contribution in [2.75, 3.05) is 24.8 Å². The van der Waals surface area contributed by atoms with Gasteiger partial charge in [0.05, 0.1) is 13.7 Å². The number of carbonyl (C=O) groups is 1. The molecule has 0 spiro atoms. The molecule has 1 aliphatic carbocycles. The summed E-state index contributed by atoms with van der Waals surface area (Å²) in [4.78, 5) is 20.7. The number of allylic oxidation sites excluding steroid dienone is 2. The summed E-state index contributed by atoms with van der Waals surface area (Å²) < 4.78 is 11.5. The Morgan fingerprint density at radius 1 is 1.30 bits per heavy atom. The van der Waals surface area contributed by atoms with Crippen LogP contribution in [0.5, 0.6) is 11.5 Å². The van der Waals surface area contributed by atoms with Crippen LogP contribution in [0.1, 0.15) is 50.7 Å². The molecule has 0 amide bonds. The topological polar surface area (TPSA) is 102 Å². The van der Waals surface area contributed by atoms with Gasteiger partial charge in [0.1, 0.15) is 11.6 Å². The smallest absolute Gasteiger partial charge is 0.200 e. The molecule has 1 aliphatic heterocycles. The number of aromatic nitrogens is 2. The lowest BCUT2D eigenvalue weighted by Crippen LogP contribution is -2.34. The van der Waals surface area contributed by atoms with E-state index in [1.54, 1.807) is 7.11 Å². The molecule has 4 N–H and O–H groups in total. The molecule has 0 fully saturated rings. The Kier molecular flexibility index (Phi) is 5.05. The van der Waals surface area contributed by atoms with Crippen LogP contribution in [0.4, 0.5) is 11.6 Å². The van der Waals surface area contributed by atoms with E-state index in [0.717, 1.165) is 28.8 Å². The van der Waals surface area contributed by atoms with Gasteiger partial charge >= 0.3 is 0 Å². The monoisotopic (exact) mass is 426 g/mol. The molecule has 1 atom stereocenters. The average Bonchev–Trinajstić information content (AvgIpc) is 2.65. The fraction of sp³-hybridized carbons (Fsp3) is 0.409. The minimum atomic E-state index is -0.372. The van der Waals surface area contributed by atoms with Gasteiger partial charge in [0, 0.05) is 29.2 Å². The molecule has 1 aromatic carbocycles. The Balaban J connectivity index is 1.95. The Hall–Kier alpha value is -2.87. The van der Waals surface area contributed by atoms with Crippen molar-refractivity contribution in [3.8, 4) is 11.5 Å². The third-order valence-corrected chi connectivity index (χ3v) is 5.78. The quantitative estimate of drug-likeness (QED) is 0.625. The highest BCUT2D eigenvalue weighted by atomic mass is 32.1. The van der Waals surface area contributed by atoms with Crippen LogP contribution in [0.3, 0.4) is 0 Å². The number of ketones is 1. The van der Waals surface area contributed by atoms with E-state index in [-0.39, 0.29) is 17.1 Å². The van der Waals surface area contributed by atoms with Crippen molar-refractivity contribution in [3.63, 3.8) is 0 Å². The van der Waals surface area contributed by atoms with Gasteiger partial charge in [0.15, 0.2) is 22.1 Å². The predicted molar refractivity (Wildman–Crippen MR) is 119 cm³/mol. The number of nitrogen functional groups attached to an aromatic ring is 1. The molecule has 0 radical (unpaired) electrons. The maximum absolute atomic E-state index is 13.3. The van der Waals surface area contributed by atoms with Crippen LogP contribution in [-0.2, 0) is 4.79 Å². The van der Waals surface area contributed by atoms with Crippen molar-refractivity contribution in [1.29, 1.82) is 0 Å². The van der Waals surface area contributed by atoms with Crippen molar-refractivity contribution in [1.82, 2.24) is 9.97 Å². The standard InChI is InChI=1S/C22H26N4O3S/c1-5-29-14-7-6-11(8-15(14)28-4)16-17-12(9-22(2,3)10-13(17)27)24-20-18(16)19(23)25-21(30)26-20/h6-8,16H,5,9-10H2,1-4H3,(H4,23,24,25,26,30). The van der Waals surface area contributed by atoms with E-state index in [1.165, 1.54) is 0 Å². The van der Waals surface area contributed by atoms with Crippen LogP contribution in [0.15, 0.2) is 29.5 Å². The number of nitrogens with one attached hydrogen (secondary N) is 2. The minimum absolute atomic E-state index is 0.110. The molecule has 1 unspecified atom stereocenters. The maximum Gasteiger partial charge on any atom is 0.200 e. The number of nitrogens with zero attached hydrogens (tertiary/aromatic N) is 1. The normalized spacial score (nSPS) is 19.6. The van der Waals surface area contributed by atoms with Gasteiger partial charge < -0.3 is 25.5 Å². The van der Waals surface area contributed by atoms with Crippen molar-refractivity contribution >= 4 is 29.6 Å². The molecule has 2 heterocycles. The number of aromatic amines is 1. The van der Waals surface area contributed by atoms with E-state index in [0.29, 0.717) is 40.9 Å². The van der Waals surface area contributed by atoms with Gasteiger partial charge in [-0.15, -0.1) is 0 Å². The summed E-state index contributed by atoms with van der Waals surface area (Å²) >= 11 is 5.23. The zero-order valence-corrected chi connectivity index (χ0v) is 18.4. The second-order valence-electron chi connectivity index (χ2n) is 8.45. The third-order valence-electron chi connectivity index (χ3n) is 5.59. The Morgan fingerprint density at radius 3 is 2.77 bits per heavy atom. The molecular weight excluding hydrogens is 400 g/mol. The van der Waals surface area contributed by atoms with E-state index in [1.807, 2.05) is 25.1 Å². The van der Waals surface area contributed by atoms with Crippen LogP contribution in [-0.4, -0.2) is 29.5 Å². The van der Waals surface area contributed by atoms with E-state index < -0.39 is 0 Å². The maximum atomic E-state index is 13.3. The fourth-order valence-corrected chi connectivity index (χ4v) is 4.63. The van der Waals surface area contributed by atoms with Gasteiger partial charge in [-0.2, -0.15) is 0 Å². The molecular formula is C22H26N4O3S. The first-order chi connectivity index (χ1) is 14.2. The van der Waals surface area contributed by atoms with Gasteiger partial charge in [0.2, 0.25) is 0 Å². The predicted octanol–water partition coefficient (Wildman–Crippen LogP) is 4.33. The number of nitrogens with two attached hydrogens (primary N) is 1. The summed E-state index contributed by atoms with van der Waals surface area (Å²) in [7, 11) is 1.60. The number of ether oxygens (including phenoxy) is 2. The Bertz CT molecular complexity index is 1120. The average molecular weight is 427 g/mol. The largest absolute Gasteiger partial charge is 0.493 e. The zero-order chi connectivity index (χ0) is 21.6. The second-order valence-corrected chi connectivity index (χ2v) is 8.84. The van der Waals surface area contributed by atoms with Gasteiger partial charge in [-0.05, 0) is 48.7 Å². The summed E-state index contributed by atoms with van der Waals surface area (Å²) in [5.41, 5.74) is 9.43. The molecule has 0 saturated heterocycles. The molecule has 7 nitrogen and oxygen atoms in total. The van der Waals surface area contributed by atoms with E-state index in [4.69, 9.17) is 27.4 Å². The summed E-state index contributed by atoms with van der Waals surface area (Å²) in [6, 6.07) is 5.72. The van der Waals surface area contributed by atoms with Crippen molar-refractivity contribution in [3.05, 3.63) is 45.4 Å². The highest BCUT2D eigenvalue weighted by Crippen LogP contribution is 2.50. The SMILES string of the molecule is CCOc1ccc(C2C3=C(CC(C)(C)CC3=O)Nc3nc(=S)[nH]c(N)c32)cc1OC. The second kappa shape index (κ2) is 7.43. The Morgan fingerprint density at radius 2 is 2.07 bits per heavy atom. The summed E-state index contributed by atoms with van der Waals surface area (Å²) in [6.45, 7) is 6.65. The molecule has 158 valence electrons. The van der Waals surface area contributed by atoms with Crippen LogP contribution < -0.4 is 20.5 Å².